The minimum Gasteiger partial charge on any atom is -0.481 e. The van der Waals surface area contributed by atoms with Crippen molar-refractivity contribution >= 4 is 45.9 Å². The van der Waals surface area contributed by atoms with E-state index in [-0.39, 0.29) is 12.4 Å². The summed E-state index contributed by atoms with van der Waals surface area (Å²) < 4.78 is 19.5. The van der Waals surface area contributed by atoms with Crippen molar-refractivity contribution in [1.82, 2.24) is 0 Å². The second-order valence-electron chi connectivity index (χ2n) is 6.08. The SMILES string of the molecule is O=C(O)COc1ccc(SCC=C(c2ccccc2)c2ccc(F)cc2)cc1I. The molecule has 0 radical (unpaired) electrons. The first-order valence-corrected chi connectivity index (χ1v) is 10.9. The van der Waals surface area contributed by atoms with E-state index in [9.17, 15) is 9.18 Å². The summed E-state index contributed by atoms with van der Waals surface area (Å²) in [5.74, 6) is 0.0330. The Morgan fingerprint density at radius 1 is 1.03 bits per heavy atom. The van der Waals surface area contributed by atoms with Crippen molar-refractivity contribution in [1.29, 1.82) is 0 Å². The van der Waals surface area contributed by atoms with Crippen LogP contribution in [0.3, 0.4) is 0 Å². The van der Waals surface area contributed by atoms with Gasteiger partial charge in [-0.3, -0.25) is 0 Å². The molecule has 0 heterocycles. The van der Waals surface area contributed by atoms with Gasteiger partial charge in [0.15, 0.2) is 6.61 Å². The Labute approximate surface area is 186 Å². The Morgan fingerprint density at radius 2 is 1.72 bits per heavy atom. The van der Waals surface area contributed by atoms with Gasteiger partial charge in [-0.1, -0.05) is 48.5 Å². The first-order chi connectivity index (χ1) is 14.0. The van der Waals surface area contributed by atoms with Crippen LogP contribution in [0.1, 0.15) is 11.1 Å². The van der Waals surface area contributed by atoms with Gasteiger partial charge in [0.1, 0.15) is 11.6 Å². The van der Waals surface area contributed by atoms with Crippen molar-refractivity contribution in [3.8, 4) is 5.75 Å². The third-order valence-corrected chi connectivity index (χ3v) is 5.80. The van der Waals surface area contributed by atoms with E-state index in [1.807, 2.05) is 42.5 Å². The molecule has 3 rings (SSSR count). The van der Waals surface area contributed by atoms with Crippen LogP contribution in [0, 0.1) is 9.39 Å². The molecule has 148 valence electrons. The number of carbonyl (C=O) groups is 1. The molecule has 0 amide bonds. The van der Waals surface area contributed by atoms with E-state index >= 15 is 0 Å². The number of benzene rings is 3. The number of carboxylic acids is 1. The average Bonchev–Trinajstić information content (AvgIpc) is 2.72. The van der Waals surface area contributed by atoms with Crippen molar-refractivity contribution in [3.63, 3.8) is 0 Å². The monoisotopic (exact) mass is 520 g/mol. The number of hydrogen-bond donors (Lipinski definition) is 1. The van der Waals surface area contributed by atoms with Crippen LogP contribution in [0.25, 0.3) is 5.57 Å². The molecule has 3 nitrogen and oxygen atoms in total. The molecule has 29 heavy (non-hydrogen) atoms. The Kier molecular flexibility index (Phi) is 7.71. The summed E-state index contributed by atoms with van der Waals surface area (Å²) in [6.45, 7) is -0.358. The number of aliphatic carboxylic acids is 1. The van der Waals surface area contributed by atoms with Crippen LogP contribution in [-0.2, 0) is 4.79 Å². The summed E-state index contributed by atoms with van der Waals surface area (Å²) in [7, 11) is 0. The van der Waals surface area contributed by atoms with Gasteiger partial charge in [-0.05, 0) is 69.6 Å². The van der Waals surface area contributed by atoms with Crippen molar-refractivity contribution < 1.29 is 19.0 Å². The van der Waals surface area contributed by atoms with Crippen molar-refractivity contribution in [2.75, 3.05) is 12.4 Å². The average molecular weight is 520 g/mol. The lowest BCUT2D eigenvalue weighted by Crippen LogP contribution is -2.10. The van der Waals surface area contributed by atoms with Gasteiger partial charge in [-0.15, -0.1) is 11.8 Å². The smallest absolute Gasteiger partial charge is 0.341 e. The fraction of sp³-hybridized carbons (Fsp3) is 0.0870. The third kappa shape index (κ3) is 6.33. The fourth-order valence-corrected chi connectivity index (χ4v) is 4.39. The largest absolute Gasteiger partial charge is 0.481 e. The maximum atomic E-state index is 13.3. The van der Waals surface area contributed by atoms with Crippen LogP contribution >= 0.6 is 34.4 Å². The van der Waals surface area contributed by atoms with Gasteiger partial charge >= 0.3 is 5.97 Å². The summed E-state index contributed by atoms with van der Waals surface area (Å²) >= 11 is 3.80. The molecule has 0 saturated carbocycles. The molecule has 0 fully saturated rings. The molecule has 6 heteroatoms. The molecule has 0 atom stereocenters. The minimum atomic E-state index is -1.00. The lowest BCUT2D eigenvalue weighted by atomic mass is 9.98. The van der Waals surface area contributed by atoms with E-state index in [1.54, 1.807) is 30.0 Å². The van der Waals surface area contributed by atoms with Crippen LogP contribution in [0.15, 0.2) is 83.8 Å². The molecule has 0 unspecified atom stereocenters. The molecule has 0 aliphatic heterocycles. The number of ether oxygens (including phenoxy) is 1. The first-order valence-electron chi connectivity index (χ1n) is 8.81. The molecule has 0 aliphatic rings. The van der Waals surface area contributed by atoms with E-state index in [0.29, 0.717) is 5.75 Å². The lowest BCUT2D eigenvalue weighted by molar-refractivity contribution is -0.139. The number of rotatable bonds is 8. The zero-order valence-corrected chi connectivity index (χ0v) is 18.3. The van der Waals surface area contributed by atoms with E-state index in [0.717, 1.165) is 30.9 Å². The van der Waals surface area contributed by atoms with E-state index in [4.69, 9.17) is 9.84 Å². The van der Waals surface area contributed by atoms with Gasteiger partial charge in [0.25, 0.3) is 0 Å². The predicted octanol–water partition coefficient (Wildman–Crippen LogP) is 6.12. The van der Waals surface area contributed by atoms with Gasteiger partial charge in [0.2, 0.25) is 0 Å². The zero-order valence-electron chi connectivity index (χ0n) is 15.3. The van der Waals surface area contributed by atoms with Gasteiger partial charge < -0.3 is 9.84 Å². The summed E-state index contributed by atoms with van der Waals surface area (Å²) in [6, 6.07) is 22.2. The zero-order chi connectivity index (χ0) is 20.6. The van der Waals surface area contributed by atoms with Crippen LogP contribution in [0.4, 0.5) is 4.39 Å². The van der Waals surface area contributed by atoms with Crippen molar-refractivity contribution in [3.05, 3.63) is 99.4 Å². The highest BCUT2D eigenvalue weighted by atomic mass is 127. The van der Waals surface area contributed by atoms with Gasteiger partial charge in [0, 0.05) is 10.6 Å². The molecule has 0 aliphatic carbocycles. The van der Waals surface area contributed by atoms with E-state index in [1.165, 1.54) is 12.1 Å². The van der Waals surface area contributed by atoms with E-state index in [2.05, 4.69) is 28.7 Å². The summed E-state index contributed by atoms with van der Waals surface area (Å²) in [6.07, 6.45) is 2.13. The maximum absolute atomic E-state index is 13.3. The number of halogens is 2. The molecule has 0 aromatic heterocycles. The molecule has 3 aromatic rings. The van der Waals surface area contributed by atoms with Gasteiger partial charge in [-0.25, -0.2) is 9.18 Å². The molecule has 0 bridgehead atoms. The van der Waals surface area contributed by atoms with Crippen molar-refractivity contribution in [2.24, 2.45) is 0 Å². The Morgan fingerprint density at radius 3 is 2.38 bits per heavy atom. The predicted molar refractivity (Wildman–Crippen MR) is 123 cm³/mol. The van der Waals surface area contributed by atoms with Gasteiger partial charge in [-0.2, -0.15) is 0 Å². The van der Waals surface area contributed by atoms with Crippen LogP contribution in [-0.4, -0.2) is 23.4 Å². The highest BCUT2D eigenvalue weighted by Gasteiger charge is 2.07. The molecular weight excluding hydrogens is 502 g/mol. The van der Waals surface area contributed by atoms with E-state index < -0.39 is 5.97 Å². The third-order valence-electron chi connectivity index (χ3n) is 4.03. The molecule has 0 saturated heterocycles. The topological polar surface area (TPSA) is 46.5 Å². The fourth-order valence-electron chi connectivity index (χ4n) is 2.70. The van der Waals surface area contributed by atoms with Gasteiger partial charge in [0.05, 0.1) is 3.57 Å². The number of carboxylic acid groups (broad SMARTS) is 1. The maximum Gasteiger partial charge on any atom is 0.341 e. The Balaban J connectivity index is 1.75. The Hall–Kier alpha value is -2.32. The van der Waals surface area contributed by atoms with Crippen molar-refractivity contribution in [2.45, 2.75) is 4.90 Å². The Bertz CT molecular complexity index is 1000. The van der Waals surface area contributed by atoms with Crippen LogP contribution in [0.5, 0.6) is 5.75 Å². The molecule has 0 spiro atoms. The molecular formula is C23H18FIO3S. The lowest BCUT2D eigenvalue weighted by Gasteiger charge is -2.10. The summed E-state index contributed by atoms with van der Waals surface area (Å²) in [4.78, 5) is 11.7. The summed E-state index contributed by atoms with van der Waals surface area (Å²) in [5.41, 5.74) is 3.09. The standard InChI is InChI=1S/C23H18FIO3S/c24-18-8-6-17(7-9-18)20(16-4-2-1-3-5-16)12-13-29-19-10-11-22(21(25)14-19)28-15-23(26)27/h1-12,14H,13,15H2,(H,26,27). The van der Waals surface area contributed by atoms with Crippen LogP contribution in [0.2, 0.25) is 0 Å². The quantitative estimate of drug-likeness (QED) is 0.287. The summed E-state index contributed by atoms with van der Waals surface area (Å²) in [5, 5.41) is 8.73. The normalized spacial score (nSPS) is 11.3. The number of thioether (sulfide) groups is 1. The van der Waals surface area contributed by atoms with Crippen LogP contribution < -0.4 is 4.74 Å². The second kappa shape index (κ2) is 10.5. The second-order valence-corrected chi connectivity index (χ2v) is 8.33. The first kappa shape index (κ1) is 21.4. The number of hydrogen-bond acceptors (Lipinski definition) is 3. The minimum absolute atomic E-state index is 0.254. The highest BCUT2D eigenvalue weighted by Crippen LogP contribution is 2.29. The highest BCUT2D eigenvalue weighted by molar-refractivity contribution is 14.1. The molecule has 3 aromatic carbocycles. The molecule has 1 N–H and O–H groups in total.